The highest BCUT2D eigenvalue weighted by Crippen LogP contribution is 2.04. The van der Waals surface area contributed by atoms with Crippen LogP contribution in [0.2, 0.25) is 0 Å². The molecule has 0 saturated carbocycles. The molecule has 0 aromatic carbocycles. The molecule has 0 aliphatic carbocycles. The van der Waals surface area contributed by atoms with Crippen LogP contribution in [0.25, 0.3) is 0 Å². The van der Waals surface area contributed by atoms with Gasteiger partial charge in [0.05, 0.1) is 6.61 Å². The Morgan fingerprint density at radius 1 is 1.14 bits per heavy atom. The second-order valence-electron chi connectivity index (χ2n) is 4.52. The Morgan fingerprint density at radius 2 is 1.86 bits per heavy atom. The lowest BCUT2D eigenvalue weighted by molar-refractivity contribution is -0.147. The van der Waals surface area contributed by atoms with Crippen molar-refractivity contribution in [2.45, 2.75) is 65.4 Å². The average molecular weight is 294 g/mol. The quantitative estimate of drug-likeness (QED) is 0.268. The van der Waals surface area contributed by atoms with Gasteiger partial charge in [0.25, 0.3) is 0 Å². The molecule has 0 aliphatic rings. The Morgan fingerprint density at radius 3 is 2.48 bits per heavy atom. The smallest absolute Gasteiger partial charge is 0.307 e. The third-order valence-electron chi connectivity index (χ3n) is 2.66. The molecule has 4 heteroatoms. The van der Waals surface area contributed by atoms with Gasteiger partial charge >= 0.3 is 11.9 Å². The summed E-state index contributed by atoms with van der Waals surface area (Å²) >= 11 is 0. The lowest BCUT2D eigenvalue weighted by Gasteiger charge is -2.09. The maximum absolute atomic E-state index is 11.5. The first kappa shape index (κ1) is 19.2. The number of carbonyl (C=O) groups excluding carboxylic acids is 2. The van der Waals surface area contributed by atoms with Gasteiger partial charge < -0.3 is 9.47 Å². The Labute approximate surface area is 127 Å². The van der Waals surface area contributed by atoms with E-state index in [0.717, 1.165) is 12.8 Å². The minimum absolute atomic E-state index is 0.215. The normalized spacial score (nSPS) is 11.6. The molecule has 0 amide bonds. The largest absolute Gasteiger partial charge is 0.465 e. The summed E-state index contributed by atoms with van der Waals surface area (Å²) in [6.07, 6.45) is 6.96. The fourth-order valence-electron chi connectivity index (χ4n) is 1.57. The van der Waals surface area contributed by atoms with E-state index < -0.39 is 0 Å². The topological polar surface area (TPSA) is 52.6 Å². The molecule has 1 unspecified atom stereocenters. The third kappa shape index (κ3) is 11.7. The van der Waals surface area contributed by atoms with Gasteiger partial charge in [-0.05, 0) is 32.6 Å². The summed E-state index contributed by atoms with van der Waals surface area (Å²) < 4.78 is 10.2. The van der Waals surface area contributed by atoms with Gasteiger partial charge in [0.2, 0.25) is 0 Å². The predicted molar refractivity (Wildman–Crippen MR) is 82.5 cm³/mol. The van der Waals surface area contributed by atoms with Crippen molar-refractivity contribution in [3.63, 3.8) is 0 Å². The first-order valence-corrected chi connectivity index (χ1v) is 7.56. The molecule has 1 atom stereocenters. The van der Waals surface area contributed by atoms with Gasteiger partial charge in [-0.3, -0.25) is 9.59 Å². The molecule has 0 spiro atoms. The van der Waals surface area contributed by atoms with Crippen LogP contribution in [0.5, 0.6) is 0 Å². The van der Waals surface area contributed by atoms with Gasteiger partial charge in [-0.2, -0.15) is 0 Å². The maximum atomic E-state index is 11.5. The van der Waals surface area contributed by atoms with Gasteiger partial charge in [-0.1, -0.05) is 31.9 Å². The summed E-state index contributed by atoms with van der Waals surface area (Å²) in [5.41, 5.74) is 0. The van der Waals surface area contributed by atoms with Gasteiger partial charge in [0.1, 0.15) is 0 Å². The zero-order valence-corrected chi connectivity index (χ0v) is 13.3. The second kappa shape index (κ2) is 13.2. The van der Waals surface area contributed by atoms with E-state index >= 15 is 0 Å². The molecule has 0 radical (unpaired) electrons. The molecule has 0 heterocycles. The Kier molecular flexibility index (Phi) is 12.1. The summed E-state index contributed by atoms with van der Waals surface area (Å²) in [6, 6.07) is 0. The Bertz CT molecular complexity index is 387. The molecule has 0 rings (SSSR count). The van der Waals surface area contributed by atoms with Crippen molar-refractivity contribution < 1.29 is 19.1 Å². The number of hydrogen-bond donors (Lipinski definition) is 0. The minimum atomic E-state index is -0.347. The molecule has 118 valence electrons. The predicted octanol–water partition coefficient (Wildman–Crippen LogP) is 3.40. The highest BCUT2D eigenvalue weighted by molar-refractivity contribution is 5.72. The number of carbonyl (C=O) groups is 2. The zero-order chi connectivity index (χ0) is 15.9. The van der Waals surface area contributed by atoms with Crippen molar-refractivity contribution in [3.8, 4) is 11.8 Å². The van der Waals surface area contributed by atoms with Crippen molar-refractivity contribution in [1.29, 1.82) is 0 Å². The fraction of sp³-hybridized carbons (Fsp3) is 0.647. The van der Waals surface area contributed by atoms with Gasteiger partial charge in [0, 0.05) is 12.8 Å². The number of hydrogen-bond acceptors (Lipinski definition) is 4. The van der Waals surface area contributed by atoms with Gasteiger partial charge in [0.15, 0.2) is 6.10 Å². The van der Waals surface area contributed by atoms with Crippen LogP contribution in [0, 0.1) is 11.8 Å². The summed E-state index contributed by atoms with van der Waals surface area (Å²) in [4.78, 5) is 23.0. The van der Waals surface area contributed by atoms with Crippen molar-refractivity contribution in [1.82, 2.24) is 0 Å². The summed E-state index contributed by atoms with van der Waals surface area (Å²) in [5, 5.41) is 0. The van der Waals surface area contributed by atoms with Crippen LogP contribution in [0.4, 0.5) is 0 Å². The van der Waals surface area contributed by atoms with E-state index in [1.54, 1.807) is 6.92 Å². The highest BCUT2D eigenvalue weighted by atomic mass is 16.5. The van der Waals surface area contributed by atoms with Crippen molar-refractivity contribution >= 4 is 11.9 Å². The fourth-order valence-corrected chi connectivity index (χ4v) is 1.57. The van der Waals surface area contributed by atoms with E-state index in [2.05, 4.69) is 18.8 Å². The van der Waals surface area contributed by atoms with Crippen LogP contribution < -0.4 is 0 Å². The number of rotatable bonds is 10. The molecular weight excluding hydrogens is 268 g/mol. The highest BCUT2D eigenvalue weighted by Gasteiger charge is 2.11. The molecule has 4 nitrogen and oxygen atoms in total. The average Bonchev–Trinajstić information content (AvgIpc) is 2.46. The number of allylic oxidation sites excluding steroid dienone is 1. The molecule has 0 aromatic rings. The standard InChI is InChI=1S/C17H26O4/c1-4-7-8-9-14-20-16(18)12-10-13-17(19)21-15(6-3)11-5-2/h7-8,15H,4,6,9-10,12-14H2,1-3H3/b8-7-. The first-order chi connectivity index (χ1) is 10.1. The molecule has 0 fully saturated rings. The van der Waals surface area contributed by atoms with Crippen molar-refractivity contribution in [2.24, 2.45) is 0 Å². The van der Waals surface area contributed by atoms with Crippen molar-refractivity contribution in [3.05, 3.63) is 12.2 Å². The molecular formula is C17H26O4. The Balaban J connectivity index is 3.72. The first-order valence-electron chi connectivity index (χ1n) is 7.56. The van der Waals surface area contributed by atoms with Crippen LogP contribution in [-0.4, -0.2) is 24.6 Å². The molecule has 0 N–H and O–H groups in total. The Hall–Kier alpha value is -1.76. The van der Waals surface area contributed by atoms with E-state index in [1.165, 1.54) is 0 Å². The molecule has 21 heavy (non-hydrogen) atoms. The third-order valence-corrected chi connectivity index (χ3v) is 2.66. The number of ether oxygens (including phenoxy) is 2. The SMILES string of the molecule is CC#CC(CC)OC(=O)CCCC(=O)OCC/C=C\CC. The number of esters is 2. The minimum Gasteiger partial charge on any atom is -0.465 e. The van der Waals surface area contributed by atoms with Gasteiger partial charge in [-0.15, -0.1) is 5.92 Å². The maximum Gasteiger partial charge on any atom is 0.307 e. The summed E-state index contributed by atoms with van der Waals surface area (Å²) in [5.74, 6) is 4.96. The van der Waals surface area contributed by atoms with E-state index in [9.17, 15) is 9.59 Å². The molecule has 0 aromatic heterocycles. The monoisotopic (exact) mass is 294 g/mol. The zero-order valence-electron chi connectivity index (χ0n) is 13.3. The lowest BCUT2D eigenvalue weighted by atomic mass is 10.2. The molecule has 0 saturated heterocycles. The van der Waals surface area contributed by atoms with Crippen LogP contribution in [0.3, 0.4) is 0 Å². The van der Waals surface area contributed by atoms with Crippen LogP contribution in [0.1, 0.15) is 59.3 Å². The summed E-state index contributed by atoms with van der Waals surface area (Å²) in [6.45, 7) is 6.06. The van der Waals surface area contributed by atoms with Crippen LogP contribution in [-0.2, 0) is 19.1 Å². The molecule has 0 aliphatic heterocycles. The summed E-state index contributed by atoms with van der Waals surface area (Å²) in [7, 11) is 0. The van der Waals surface area contributed by atoms with E-state index in [1.807, 2.05) is 19.1 Å². The van der Waals surface area contributed by atoms with Crippen LogP contribution >= 0.6 is 0 Å². The van der Waals surface area contributed by atoms with Crippen molar-refractivity contribution in [2.75, 3.05) is 6.61 Å². The van der Waals surface area contributed by atoms with Crippen LogP contribution in [0.15, 0.2) is 12.2 Å². The lowest BCUT2D eigenvalue weighted by Crippen LogP contribution is -2.16. The molecule has 0 bridgehead atoms. The second-order valence-corrected chi connectivity index (χ2v) is 4.52. The van der Waals surface area contributed by atoms with E-state index in [4.69, 9.17) is 9.47 Å². The van der Waals surface area contributed by atoms with E-state index in [0.29, 0.717) is 19.4 Å². The van der Waals surface area contributed by atoms with E-state index in [-0.39, 0.29) is 30.9 Å². The van der Waals surface area contributed by atoms with Gasteiger partial charge in [-0.25, -0.2) is 0 Å².